The molecule has 4 aromatic rings. The monoisotopic (exact) mass is 390 g/mol. The van der Waals surface area contributed by atoms with Crippen LogP contribution in [0, 0.1) is 0 Å². The largest absolute Gasteiger partial charge is 0.493 e. The molecule has 140 valence electrons. The highest BCUT2D eigenvalue weighted by molar-refractivity contribution is 6.30. The van der Waals surface area contributed by atoms with E-state index in [1.165, 1.54) is 0 Å². The van der Waals surface area contributed by atoms with Crippen molar-refractivity contribution in [1.82, 2.24) is 10.2 Å². The van der Waals surface area contributed by atoms with Gasteiger partial charge in [-0.3, -0.25) is 5.10 Å². The molecule has 1 heterocycles. The Morgan fingerprint density at radius 2 is 1.25 bits per heavy atom. The third kappa shape index (κ3) is 3.59. The zero-order valence-corrected chi connectivity index (χ0v) is 16.3. The van der Waals surface area contributed by atoms with E-state index >= 15 is 0 Å². The number of nitrogens with zero attached hydrogens (tertiary/aromatic N) is 1. The van der Waals surface area contributed by atoms with Gasteiger partial charge in [-0.2, -0.15) is 5.10 Å². The summed E-state index contributed by atoms with van der Waals surface area (Å²) in [5, 5.41) is 8.30. The molecule has 0 aliphatic rings. The number of halogens is 1. The number of aromatic amines is 1. The van der Waals surface area contributed by atoms with Gasteiger partial charge < -0.3 is 9.47 Å². The number of hydrogen-bond donors (Lipinski definition) is 1. The lowest BCUT2D eigenvalue weighted by molar-refractivity contribution is 0.355. The van der Waals surface area contributed by atoms with Crippen LogP contribution in [0.15, 0.2) is 72.8 Å². The smallest absolute Gasteiger partial charge is 0.161 e. The molecule has 0 amide bonds. The average Bonchev–Trinajstić information content (AvgIpc) is 3.24. The molecule has 0 fully saturated rings. The van der Waals surface area contributed by atoms with Crippen LogP contribution in [0.3, 0.4) is 0 Å². The maximum Gasteiger partial charge on any atom is 0.161 e. The Labute approximate surface area is 168 Å². The highest BCUT2D eigenvalue weighted by atomic mass is 35.5. The summed E-state index contributed by atoms with van der Waals surface area (Å²) >= 11 is 5.97. The number of nitrogens with one attached hydrogen (secondary N) is 1. The summed E-state index contributed by atoms with van der Waals surface area (Å²) in [6.07, 6.45) is 0. The van der Waals surface area contributed by atoms with Crippen LogP contribution in [0.4, 0.5) is 0 Å². The second-order valence-electron chi connectivity index (χ2n) is 6.32. The second-order valence-corrected chi connectivity index (χ2v) is 6.76. The normalized spacial score (nSPS) is 10.7. The Hall–Kier alpha value is -3.24. The van der Waals surface area contributed by atoms with Gasteiger partial charge in [0.15, 0.2) is 11.5 Å². The number of rotatable bonds is 5. The summed E-state index contributed by atoms with van der Waals surface area (Å²) in [5.74, 6) is 1.37. The molecule has 4 rings (SSSR count). The number of H-pyrrole nitrogens is 1. The van der Waals surface area contributed by atoms with Crippen LogP contribution in [0.2, 0.25) is 5.02 Å². The number of methoxy groups -OCH3 is 2. The maximum atomic E-state index is 5.97. The van der Waals surface area contributed by atoms with Crippen LogP contribution in [0.25, 0.3) is 33.6 Å². The first-order valence-electron chi connectivity index (χ1n) is 8.82. The number of aromatic nitrogens is 2. The highest BCUT2D eigenvalue weighted by Gasteiger charge is 2.10. The molecule has 3 aromatic carbocycles. The van der Waals surface area contributed by atoms with E-state index in [0.717, 1.165) is 38.7 Å². The van der Waals surface area contributed by atoms with Gasteiger partial charge in [0.05, 0.1) is 25.6 Å². The third-order valence-electron chi connectivity index (χ3n) is 4.63. The number of benzene rings is 3. The summed E-state index contributed by atoms with van der Waals surface area (Å²) in [7, 11) is 3.25. The molecule has 5 heteroatoms. The van der Waals surface area contributed by atoms with Crippen LogP contribution < -0.4 is 9.47 Å². The minimum atomic E-state index is 0.678. The molecule has 0 bridgehead atoms. The van der Waals surface area contributed by atoms with Crippen LogP contribution in [0.5, 0.6) is 11.5 Å². The van der Waals surface area contributed by atoms with E-state index in [2.05, 4.69) is 34.5 Å². The molecular formula is C23H19ClN2O2. The lowest BCUT2D eigenvalue weighted by Crippen LogP contribution is -1.90. The molecule has 0 radical (unpaired) electrons. The molecule has 4 nitrogen and oxygen atoms in total. The van der Waals surface area contributed by atoms with Gasteiger partial charge in [-0.05, 0) is 53.1 Å². The van der Waals surface area contributed by atoms with E-state index in [1.54, 1.807) is 14.2 Å². The van der Waals surface area contributed by atoms with Gasteiger partial charge in [0.25, 0.3) is 0 Å². The van der Waals surface area contributed by atoms with E-state index in [0.29, 0.717) is 11.5 Å². The van der Waals surface area contributed by atoms with Crippen LogP contribution in [0.1, 0.15) is 0 Å². The molecule has 0 aliphatic carbocycles. The SMILES string of the molecule is COc1ccc(-c2cc(-c3ccc(-c4ccc(Cl)cc4)cc3)[nH]n2)cc1OC. The molecule has 0 atom stereocenters. The van der Waals surface area contributed by atoms with E-state index in [-0.39, 0.29) is 0 Å². The quantitative estimate of drug-likeness (QED) is 0.449. The summed E-state index contributed by atoms with van der Waals surface area (Å²) < 4.78 is 10.7. The number of ether oxygens (including phenoxy) is 2. The van der Waals surface area contributed by atoms with Gasteiger partial charge in [-0.25, -0.2) is 0 Å². The molecule has 0 aliphatic heterocycles. The Bertz CT molecular complexity index is 1090. The van der Waals surface area contributed by atoms with Gasteiger partial charge in [-0.1, -0.05) is 48.0 Å². The van der Waals surface area contributed by atoms with Gasteiger partial charge >= 0.3 is 0 Å². The topological polar surface area (TPSA) is 47.1 Å². The van der Waals surface area contributed by atoms with Crippen LogP contribution in [-0.4, -0.2) is 24.4 Å². The van der Waals surface area contributed by atoms with Crippen molar-refractivity contribution in [1.29, 1.82) is 0 Å². The zero-order chi connectivity index (χ0) is 19.5. The van der Waals surface area contributed by atoms with Crippen molar-refractivity contribution in [2.45, 2.75) is 0 Å². The summed E-state index contributed by atoms with van der Waals surface area (Å²) in [4.78, 5) is 0. The number of hydrogen-bond acceptors (Lipinski definition) is 3. The Balaban J connectivity index is 1.60. The zero-order valence-electron chi connectivity index (χ0n) is 15.6. The molecule has 1 aromatic heterocycles. The summed E-state index contributed by atoms with van der Waals surface area (Å²) in [6.45, 7) is 0. The van der Waals surface area contributed by atoms with Gasteiger partial charge in [0, 0.05) is 10.6 Å². The van der Waals surface area contributed by atoms with Crippen molar-refractivity contribution in [3.05, 3.63) is 77.8 Å². The first-order chi connectivity index (χ1) is 13.7. The van der Waals surface area contributed by atoms with Crippen molar-refractivity contribution in [3.8, 4) is 45.1 Å². The molecule has 0 unspecified atom stereocenters. The van der Waals surface area contributed by atoms with Crippen molar-refractivity contribution >= 4 is 11.6 Å². The molecule has 28 heavy (non-hydrogen) atoms. The Morgan fingerprint density at radius 1 is 0.679 bits per heavy atom. The minimum absolute atomic E-state index is 0.678. The first kappa shape index (κ1) is 18.1. The molecular weight excluding hydrogens is 372 g/mol. The fourth-order valence-corrected chi connectivity index (χ4v) is 3.22. The Morgan fingerprint density at radius 3 is 1.89 bits per heavy atom. The van der Waals surface area contributed by atoms with Gasteiger partial charge in [0.1, 0.15) is 0 Å². The average molecular weight is 391 g/mol. The predicted molar refractivity (Wildman–Crippen MR) is 113 cm³/mol. The van der Waals surface area contributed by atoms with E-state index in [4.69, 9.17) is 21.1 Å². The molecule has 0 spiro atoms. The fraction of sp³-hybridized carbons (Fsp3) is 0.0870. The van der Waals surface area contributed by atoms with E-state index < -0.39 is 0 Å². The standard InChI is InChI=1S/C23H19ClN2O2/c1-27-22-12-9-18(13-23(22)28-2)21-14-20(25-26-21)17-5-3-15(4-6-17)16-7-10-19(24)11-8-16/h3-14H,1-2H3,(H,25,26). The maximum absolute atomic E-state index is 5.97. The van der Waals surface area contributed by atoms with Crippen molar-refractivity contribution < 1.29 is 9.47 Å². The lowest BCUT2D eigenvalue weighted by atomic mass is 10.0. The molecule has 0 saturated heterocycles. The first-order valence-corrected chi connectivity index (χ1v) is 9.20. The van der Waals surface area contributed by atoms with Crippen molar-refractivity contribution in [2.75, 3.05) is 14.2 Å². The third-order valence-corrected chi connectivity index (χ3v) is 4.88. The summed E-state index contributed by atoms with van der Waals surface area (Å²) in [5.41, 5.74) is 6.09. The van der Waals surface area contributed by atoms with Crippen molar-refractivity contribution in [3.63, 3.8) is 0 Å². The van der Waals surface area contributed by atoms with E-state index in [9.17, 15) is 0 Å². The lowest BCUT2D eigenvalue weighted by Gasteiger charge is -2.08. The Kier molecular flexibility index (Phi) is 5.04. The predicted octanol–water partition coefficient (Wildman–Crippen LogP) is 6.08. The fourth-order valence-electron chi connectivity index (χ4n) is 3.10. The second kappa shape index (κ2) is 7.79. The van der Waals surface area contributed by atoms with Crippen molar-refractivity contribution in [2.24, 2.45) is 0 Å². The van der Waals surface area contributed by atoms with E-state index in [1.807, 2.05) is 48.5 Å². The van der Waals surface area contributed by atoms with Crippen LogP contribution >= 0.6 is 11.6 Å². The van der Waals surface area contributed by atoms with Gasteiger partial charge in [0.2, 0.25) is 0 Å². The summed E-state index contributed by atoms with van der Waals surface area (Å²) in [6, 6.07) is 24.0. The highest BCUT2D eigenvalue weighted by Crippen LogP contribution is 2.33. The minimum Gasteiger partial charge on any atom is -0.493 e. The molecule has 1 N–H and O–H groups in total. The molecule has 0 saturated carbocycles. The van der Waals surface area contributed by atoms with Crippen LogP contribution in [-0.2, 0) is 0 Å². The van der Waals surface area contributed by atoms with Gasteiger partial charge in [-0.15, -0.1) is 0 Å².